The Hall–Kier alpha value is -4.15. The van der Waals surface area contributed by atoms with E-state index in [1.807, 2.05) is 48.0 Å². The molecule has 2 fully saturated rings. The number of fused-ring (bicyclic) bond motifs is 1. The van der Waals surface area contributed by atoms with Crippen molar-refractivity contribution in [2.24, 2.45) is 7.05 Å². The van der Waals surface area contributed by atoms with Crippen LogP contribution in [0.5, 0.6) is 0 Å². The van der Waals surface area contributed by atoms with Crippen LogP contribution in [-0.2, 0) is 7.05 Å². The highest BCUT2D eigenvalue weighted by Crippen LogP contribution is 2.33. The number of carbonyl (C=O) groups excluding carboxylic acids is 1. The Morgan fingerprint density at radius 1 is 1.16 bits per heavy atom. The van der Waals surface area contributed by atoms with Gasteiger partial charge in [0.2, 0.25) is 17.8 Å². The van der Waals surface area contributed by atoms with Gasteiger partial charge in [-0.2, -0.15) is 5.10 Å². The zero-order valence-corrected chi connectivity index (χ0v) is 25.6. The molecule has 4 aromatic rings. The van der Waals surface area contributed by atoms with Crippen LogP contribution in [0.1, 0.15) is 61.0 Å². The van der Waals surface area contributed by atoms with E-state index in [-0.39, 0.29) is 11.9 Å². The summed E-state index contributed by atoms with van der Waals surface area (Å²) in [5.41, 5.74) is 10.7. The average molecular weight is 581 g/mol. The number of pyridine rings is 1. The molecule has 3 N–H and O–H groups in total. The SMILES string of the molecule is CC(C)c1ccnc(NC(=O)c2ccc(-c3nn(C4CCN(CC=CCN(C)C5CC5)C4)c4nc[n+](C)c(N)c34)cc2)c1. The zero-order valence-electron chi connectivity index (χ0n) is 25.6. The Labute approximate surface area is 253 Å². The lowest BCUT2D eigenvalue weighted by atomic mass is 10.0. The topological polar surface area (TPSA) is 109 Å². The minimum absolute atomic E-state index is 0.206. The number of carbonyl (C=O) groups is 1. The molecule has 1 unspecified atom stereocenters. The zero-order chi connectivity index (χ0) is 30.1. The summed E-state index contributed by atoms with van der Waals surface area (Å²) >= 11 is 0. The lowest BCUT2D eigenvalue weighted by molar-refractivity contribution is -0.658. The molecule has 1 saturated carbocycles. The predicted molar refractivity (Wildman–Crippen MR) is 170 cm³/mol. The van der Waals surface area contributed by atoms with Gasteiger partial charge < -0.3 is 11.1 Å². The molecule has 224 valence electrons. The monoisotopic (exact) mass is 580 g/mol. The van der Waals surface area contributed by atoms with Crippen LogP contribution in [0.2, 0.25) is 0 Å². The molecule has 3 aromatic heterocycles. The Morgan fingerprint density at radius 3 is 2.70 bits per heavy atom. The molecule has 1 saturated heterocycles. The fourth-order valence-electron chi connectivity index (χ4n) is 5.77. The molecule has 0 radical (unpaired) electrons. The van der Waals surface area contributed by atoms with Crippen LogP contribution in [-0.4, -0.2) is 74.7 Å². The first-order valence-electron chi connectivity index (χ1n) is 15.3. The van der Waals surface area contributed by atoms with Crippen molar-refractivity contribution >= 4 is 28.6 Å². The van der Waals surface area contributed by atoms with Gasteiger partial charge in [0.1, 0.15) is 16.9 Å². The highest BCUT2D eigenvalue weighted by molar-refractivity contribution is 6.04. The second-order valence-electron chi connectivity index (χ2n) is 12.2. The summed E-state index contributed by atoms with van der Waals surface area (Å²) in [5, 5.41) is 8.84. The Morgan fingerprint density at radius 2 is 1.95 bits per heavy atom. The van der Waals surface area contributed by atoms with Crippen LogP contribution in [0.3, 0.4) is 0 Å². The van der Waals surface area contributed by atoms with Gasteiger partial charge in [0.25, 0.3) is 5.91 Å². The van der Waals surface area contributed by atoms with Gasteiger partial charge in [-0.3, -0.25) is 14.6 Å². The van der Waals surface area contributed by atoms with Gasteiger partial charge in [0.05, 0.1) is 13.1 Å². The molecule has 10 nitrogen and oxygen atoms in total. The Balaban J connectivity index is 1.19. The molecule has 1 aliphatic heterocycles. The lowest BCUT2D eigenvalue weighted by Crippen LogP contribution is -2.32. The molecule has 0 bridgehead atoms. The molecule has 1 aromatic carbocycles. The van der Waals surface area contributed by atoms with Gasteiger partial charge in [-0.05, 0) is 62.1 Å². The Bertz CT molecular complexity index is 1640. The number of likely N-dealkylation sites (tertiary alicyclic amines) is 1. The number of nitrogen functional groups attached to an aromatic ring is 1. The third kappa shape index (κ3) is 6.30. The van der Waals surface area contributed by atoms with Gasteiger partial charge in [-0.25, -0.2) is 14.2 Å². The first-order chi connectivity index (χ1) is 20.8. The number of rotatable bonds is 10. The van der Waals surface area contributed by atoms with Crippen LogP contribution < -0.4 is 15.6 Å². The van der Waals surface area contributed by atoms with Crippen molar-refractivity contribution in [3.63, 3.8) is 0 Å². The van der Waals surface area contributed by atoms with Crippen LogP contribution in [0.15, 0.2) is 61.1 Å². The van der Waals surface area contributed by atoms with Crippen molar-refractivity contribution in [2.75, 3.05) is 44.3 Å². The molecule has 0 spiro atoms. The lowest BCUT2D eigenvalue weighted by Gasteiger charge is -2.15. The van der Waals surface area contributed by atoms with Gasteiger partial charge in [0, 0.05) is 49.5 Å². The molecular weight excluding hydrogens is 538 g/mol. The maximum atomic E-state index is 13.0. The highest BCUT2D eigenvalue weighted by Gasteiger charge is 2.30. The quantitative estimate of drug-likeness (QED) is 0.214. The summed E-state index contributed by atoms with van der Waals surface area (Å²) in [6.45, 7) is 8.10. The van der Waals surface area contributed by atoms with E-state index in [0.29, 0.717) is 23.1 Å². The van der Waals surface area contributed by atoms with Crippen LogP contribution in [0.4, 0.5) is 11.6 Å². The number of aryl methyl sites for hydroxylation is 1. The van der Waals surface area contributed by atoms with Crippen LogP contribution >= 0.6 is 0 Å². The second-order valence-corrected chi connectivity index (χ2v) is 12.2. The number of nitrogens with zero attached hydrogens (tertiary/aromatic N) is 7. The molecule has 4 heterocycles. The van der Waals surface area contributed by atoms with Crippen molar-refractivity contribution in [2.45, 2.75) is 51.1 Å². The van der Waals surface area contributed by atoms with Gasteiger partial charge in [-0.1, -0.05) is 43.1 Å². The molecule has 43 heavy (non-hydrogen) atoms. The van der Waals surface area contributed by atoms with E-state index < -0.39 is 0 Å². The maximum Gasteiger partial charge on any atom is 0.256 e. The van der Waals surface area contributed by atoms with Gasteiger partial charge >= 0.3 is 0 Å². The fraction of sp³-hybridized carbons (Fsp3) is 0.424. The molecule has 6 rings (SSSR count). The standard InChI is InChI=1S/C33H41N9O/c1-22(2)25-13-15-35-28(19-25)37-33(43)24-9-7-23(8-10-24)30-29-31(34)40(4)21-36-32(29)42(38-30)27-14-18-41(20-27)17-6-5-16-39(3)26-11-12-26/h5-10,13,15,19,21-22,26-27,34H,11-12,14,16-18,20H2,1-4H3,(H,35,37,43)/p+1. The minimum atomic E-state index is -0.206. The number of aromatic nitrogens is 5. The molecule has 10 heteroatoms. The normalized spacial score (nSPS) is 17.6. The van der Waals surface area contributed by atoms with E-state index in [9.17, 15) is 4.79 Å². The van der Waals surface area contributed by atoms with E-state index in [0.717, 1.165) is 66.5 Å². The first kappa shape index (κ1) is 28.9. The molecule has 1 amide bonds. The summed E-state index contributed by atoms with van der Waals surface area (Å²) in [7, 11) is 4.10. The van der Waals surface area contributed by atoms with E-state index >= 15 is 0 Å². The Kier molecular flexibility index (Phi) is 8.23. The number of nitrogens with one attached hydrogen (secondary N) is 1. The number of likely N-dealkylation sites (N-methyl/N-ethyl adjacent to an activating group) is 1. The summed E-state index contributed by atoms with van der Waals surface area (Å²) in [6.07, 6.45) is 11.7. The van der Waals surface area contributed by atoms with Crippen molar-refractivity contribution < 1.29 is 9.36 Å². The molecule has 1 atom stereocenters. The van der Waals surface area contributed by atoms with Gasteiger partial charge in [0.15, 0.2) is 0 Å². The number of amides is 1. The van der Waals surface area contributed by atoms with E-state index in [1.165, 1.54) is 12.8 Å². The third-order valence-corrected chi connectivity index (χ3v) is 8.67. The largest absolute Gasteiger partial charge is 0.318 e. The molecular formula is C33H42N9O+. The summed E-state index contributed by atoms with van der Waals surface area (Å²) in [5.74, 6) is 1.30. The average Bonchev–Trinajstić information content (AvgIpc) is 3.64. The van der Waals surface area contributed by atoms with Crippen molar-refractivity contribution in [1.82, 2.24) is 29.5 Å². The summed E-state index contributed by atoms with van der Waals surface area (Å²) in [4.78, 5) is 27.0. The van der Waals surface area contributed by atoms with Crippen molar-refractivity contribution in [1.29, 1.82) is 0 Å². The number of anilines is 2. The van der Waals surface area contributed by atoms with Crippen molar-refractivity contribution in [3.8, 4) is 11.3 Å². The minimum Gasteiger partial charge on any atom is -0.318 e. The fourth-order valence-corrected chi connectivity index (χ4v) is 5.77. The van der Waals surface area contributed by atoms with Crippen LogP contribution in [0.25, 0.3) is 22.3 Å². The maximum absolute atomic E-state index is 13.0. The predicted octanol–water partition coefficient (Wildman–Crippen LogP) is 4.17. The second kappa shape index (κ2) is 12.2. The van der Waals surface area contributed by atoms with E-state index in [4.69, 9.17) is 15.8 Å². The van der Waals surface area contributed by atoms with E-state index in [1.54, 1.807) is 12.5 Å². The first-order valence-corrected chi connectivity index (χ1v) is 15.3. The number of hydrogen-bond donors (Lipinski definition) is 2. The summed E-state index contributed by atoms with van der Waals surface area (Å²) < 4.78 is 3.88. The smallest absolute Gasteiger partial charge is 0.256 e. The number of benzene rings is 1. The van der Waals surface area contributed by atoms with Crippen molar-refractivity contribution in [3.05, 3.63) is 72.2 Å². The number of hydrogen-bond acceptors (Lipinski definition) is 7. The van der Waals surface area contributed by atoms with Crippen LogP contribution in [0, 0.1) is 0 Å². The third-order valence-electron chi connectivity index (χ3n) is 8.67. The van der Waals surface area contributed by atoms with E-state index in [2.05, 4.69) is 57.8 Å². The van der Waals surface area contributed by atoms with Gasteiger partial charge in [-0.15, -0.1) is 0 Å². The highest BCUT2D eigenvalue weighted by atomic mass is 16.1. The number of nitrogens with two attached hydrogens (primary N) is 1. The summed E-state index contributed by atoms with van der Waals surface area (Å²) in [6, 6.07) is 12.4. The molecule has 2 aliphatic rings. The molecule has 1 aliphatic carbocycles.